The van der Waals surface area contributed by atoms with Crippen molar-refractivity contribution in [1.82, 2.24) is 0 Å². The molecule has 0 saturated heterocycles. The van der Waals surface area contributed by atoms with Crippen LogP contribution in [-0.4, -0.2) is 17.1 Å². The molecule has 4 nitrogen and oxygen atoms in total. The summed E-state index contributed by atoms with van der Waals surface area (Å²) in [6.45, 7) is 1.22. The molecular weight excluding hydrogens is 334 g/mol. The van der Waals surface area contributed by atoms with Crippen LogP contribution in [0.5, 0.6) is 0 Å². The minimum atomic E-state index is -0.900. The smallest absolute Gasteiger partial charge is 0.238 e. The van der Waals surface area contributed by atoms with Crippen molar-refractivity contribution < 1.29 is 18.4 Å². The van der Waals surface area contributed by atoms with Gasteiger partial charge in [0, 0.05) is 17.9 Å². The largest absolute Gasteiger partial charge is 0.324 e. The first-order valence-corrected chi connectivity index (χ1v) is 8.14. The minimum absolute atomic E-state index is 0.165. The fraction of sp³-hybridized carbons (Fsp3) is 0.176. The predicted octanol–water partition coefficient (Wildman–Crippen LogP) is 3.58. The van der Waals surface area contributed by atoms with Crippen LogP contribution in [0, 0.1) is 11.6 Å². The van der Waals surface area contributed by atoms with Crippen LogP contribution in [0.2, 0.25) is 0 Å². The number of anilines is 2. The van der Waals surface area contributed by atoms with E-state index in [0.29, 0.717) is 12.5 Å². The van der Waals surface area contributed by atoms with Gasteiger partial charge in [0.25, 0.3) is 0 Å². The first-order valence-electron chi connectivity index (χ1n) is 7.26. The molecule has 0 saturated carbocycles. The molecule has 2 amide bonds. The van der Waals surface area contributed by atoms with Crippen LogP contribution in [0.4, 0.5) is 20.2 Å². The van der Waals surface area contributed by atoms with Crippen LogP contribution < -0.4 is 10.6 Å². The minimum Gasteiger partial charge on any atom is -0.324 e. The standard InChI is InChI=1S/C17H14F2N2O2S/c1-9(22)20-13-8-14(12(19)7-11(13)18)21-17(23)16-6-10-4-2-3-5-15(10)24-16/h2-5,7-8,16H,6H2,1H3,(H,20,22)(H,21,23). The Kier molecular flexibility index (Phi) is 4.53. The van der Waals surface area contributed by atoms with Crippen LogP contribution in [0.25, 0.3) is 0 Å². The van der Waals surface area contributed by atoms with Crippen molar-refractivity contribution in [3.63, 3.8) is 0 Å². The first kappa shape index (κ1) is 16.4. The molecule has 0 aliphatic carbocycles. The summed E-state index contributed by atoms with van der Waals surface area (Å²) in [5.74, 6) is -2.64. The van der Waals surface area contributed by atoms with Crippen molar-refractivity contribution in [3.05, 3.63) is 53.6 Å². The van der Waals surface area contributed by atoms with Gasteiger partial charge in [-0.05, 0) is 24.1 Å². The number of carbonyl (C=O) groups excluding carboxylic acids is 2. The van der Waals surface area contributed by atoms with Gasteiger partial charge in [0.1, 0.15) is 11.6 Å². The first-order chi connectivity index (χ1) is 11.4. The lowest BCUT2D eigenvalue weighted by atomic mass is 10.1. The summed E-state index contributed by atoms with van der Waals surface area (Å²) >= 11 is 1.41. The molecule has 1 aliphatic heterocycles. The third-order valence-electron chi connectivity index (χ3n) is 3.56. The zero-order valence-corrected chi connectivity index (χ0v) is 13.5. The summed E-state index contributed by atoms with van der Waals surface area (Å²) in [4.78, 5) is 24.5. The zero-order chi connectivity index (χ0) is 17.3. The fourth-order valence-electron chi connectivity index (χ4n) is 2.47. The second kappa shape index (κ2) is 6.60. The second-order valence-electron chi connectivity index (χ2n) is 5.40. The van der Waals surface area contributed by atoms with Crippen LogP contribution >= 0.6 is 11.8 Å². The lowest BCUT2D eigenvalue weighted by Crippen LogP contribution is -2.25. The Morgan fingerprint density at radius 1 is 1.08 bits per heavy atom. The Hall–Kier alpha value is -2.41. The van der Waals surface area contributed by atoms with Gasteiger partial charge < -0.3 is 10.6 Å². The van der Waals surface area contributed by atoms with E-state index in [1.165, 1.54) is 18.7 Å². The maximum Gasteiger partial charge on any atom is 0.238 e. The summed E-state index contributed by atoms with van der Waals surface area (Å²) in [6.07, 6.45) is 0.550. The number of amides is 2. The van der Waals surface area contributed by atoms with E-state index in [4.69, 9.17) is 0 Å². The Bertz CT molecular complexity index is 801. The van der Waals surface area contributed by atoms with E-state index in [1.54, 1.807) is 0 Å². The monoisotopic (exact) mass is 348 g/mol. The summed E-state index contributed by atoms with van der Waals surface area (Å²) in [5.41, 5.74) is 0.726. The van der Waals surface area contributed by atoms with E-state index in [-0.39, 0.29) is 22.5 Å². The Labute approximate surface area is 141 Å². The Balaban J connectivity index is 1.76. The predicted molar refractivity (Wildman–Crippen MR) is 89.1 cm³/mol. The topological polar surface area (TPSA) is 58.2 Å². The van der Waals surface area contributed by atoms with Crippen LogP contribution in [0.3, 0.4) is 0 Å². The molecule has 1 unspecified atom stereocenters. The molecule has 0 aromatic heterocycles. The van der Waals surface area contributed by atoms with E-state index < -0.39 is 17.5 Å². The summed E-state index contributed by atoms with van der Waals surface area (Å²) < 4.78 is 27.5. The fourth-order valence-corrected chi connectivity index (χ4v) is 3.67. The number of hydrogen-bond donors (Lipinski definition) is 2. The van der Waals surface area contributed by atoms with Crippen LogP contribution in [0.1, 0.15) is 12.5 Å². The van der Waals surface area contributed by atoms with E-state index in [1.807, 2.05) is 24.3 Å². The molecule has 0 bridgehead atoms. The summed E-state index contributed by atoms with van der Waals surface area (Å²) in [5, 5.41) is 4.36. The number of thioether (sulfide) groups is 1. The van der Waals surface area contributed by atoms with Gasteiger partial charge in [0.15, 0.2) is 0 Å². The molecule has 2 N–H and O–H groups in total. The van der Waals surface area contributed by atoms with E-state index in [9.17, 15) is 18.4 Å². The number of benzene rings is 2. The van der Waals surface area contributed by atoms with Gasteiger partial charge in [-0.15, -0.1) is 11.8 Å². The molecule has 24 heavy (non-hydrogen) atoms. The maximum absolute atomic E-state index is 13.9. The molecule has 7 heteroatoms. The van der Waals surface area contributed by atoms with Crippen molar-refractivity contribution >= 4 is 35.0 Å². The summed E-state index contributed by atoms with van der Waals surface area (Å²) in [6, 6.07) is 9.39. The number of carbonyl (C=O) groups is 2. The average molecular weight is 348 g/mol. The van der Waals surface area contributed by atoms with Gasteiger partial charge in [-0.1, -0.05) is 18.2 Å². The highest BCUT2D eigenvalue weighted by atomic mass is 32.2. The molecule has 0 spiro atoms. The van der Waals surface area contributed by atoms with Gasteiger partial charge in [-0.3, -0.25) is 9.59 Å². The van der Waals surface area contributed by atoms with E-state index >= 15 is 0 Å². The number of fused-ring (bicyclic) bond motifs is 1. The molecule has 2 aromatic rings. The highest BCUT2D eigenvalue weighted by Gasteiger charge is 2.28. The van der Waals surface area contributed by atoms with E-state index in [2.05, 4.69) is 10.6 Å². The maximum atomic E-state index is 13.9. The third-order valence-corrected chi connectivity index (χ3v) is 4.88. The molecule has 0 fully saturated rings. The van der Waals surface area contributed by atoms with Gasteiger partial charge >= 0.3 is 0 Å². The highest BCUT2D eigenvalue weighted by Crippen LogP contribution is 2.37. The lowest BCUT2D eigenvalue weighted by Gasteiger charge is -2.13. The average Bonchev–Trinajstić information content (AvgIpc) is 2.95. The summed E-state index contributed by atoms with van der Waals surface area (Å²) in [7, 11) is 0. The van der Waals surface area contributed by atoms with Crippen LogP contribution in [0.15, 0.2) is 41.3 Å². The molecule has 124 valence electrons. The Morgan fingerprint density at radius 2 is 1.75 bits per heavy atom. The molecular formula is C17H14F2N2O2S. The van der Waals surface area contributed by atoms with Crippen molar-refractivity contribution in [1.29, 1.82) is 0 Å². The number of halogens is 2. The van der Waals surface area contributed by atoms with Crippen molar-refractivity contribution in [3.8, 4) is 0 Å². The molecule has 1 heterocycles. The second-order valence-corrected chi connectivity index (χ2v) is 6.65. The normalized spacial score (nSPS) is 15.7. The van der Waals surface area contributed by atoms with Crippen molar-refractivity contribution in [2.45, 2.75) is 23.5 Å². The number of hydrogen-bond acceptors (Lipinski definition) is 3. The molecule has 2 aromatic carbocycles. The molecule has 3 rings (SSSR count). The highest BCUT2D eigenvalue weighted by molar-refractivity contribution is 8.01. The Morgan fingerprint density at radius 3 is 2.42 bits per heavy atom. The van der Waals surface area contributed by atoms with Gasteiger partial charge in [-0.25, -0.2) is 8.78 Å². The van der Waals surface area contributed by atoms with Gasteiger partial charge in [0.2, 0.25) is 11.8 Å². The van der Waals surface area contributed by atoms with Gasteiger partial charge in [-0.2, -0.15) is 0 Å². The molecule has 1 aliphatic rings. The van der Waals surface area contributed by atoms with Crippen molar-refractivity contribution in [2.75, 3.05) is 10.6 Å². The van der Waals surface area contributed by atoms with Crippen LogP contribution in [-0.2, 0) is 16.0 Å². The third kappa shape index (κ3) is 3.41. The van der Waals surface area contributed by atoms with Crippen molar-refractivity contribution in [2.24, 2.45) is 0 Å². The molecule has 1 atom stereocenters. The lowest BCUT2D eigenvalue weighted by molar-refractivity contribution is -0.116. The number of nitrogens with one attached hydrogen (secondary N) is 2. The zero-order valence-electron chi connectivity index (χ0n) is 12.7. The number of rotatable bonds is 3. The van der Waals surface area contributed by atoms with E-state index in [0.717, 1.165) is 16.5 Å². The molecule has 0 radical (unpaired) electrons. The SMILES string of the molecule is CC(=O)Nc1cc(NC(=O)C2Cc3ccccc3S2)c(F)cc1F. The quantitative estimate of drug-likeness (QED) is 0.891. The van der Waals surface area contributed by atoms with Gasteiger partial charge in [0.05, 0.1) is 16.6 Å².